The van der Waals surface area contributed by atoms with Gasteiger partial charge in [0.15, 0.2) is 5.78 Å². The van der Waals surface area contributed by atoms with Crippen LogP contribution >= 0.6 is 15.9 Å². The van der Waals surface area contributed by atoms with Crippen molar-refractivity contribution in [1.82, 2.24) is 0 Å². The van der Waals surface area contributed by atoms with Gasteiger partial charge in [0.05, 0.1) is 0 Å². The normalized spacial score (nSPS) is 11.5. The first-order chi connectivity index (χ1) is 6.30. The Kier molecular flexibility index (Phi) is 3.15. The van der Waals surface area contributed by atoms with Gasteiger partial charge in [-0.05, 0) is 29.2 Å². The van der Waals surface area contributed by atoms with Crippen molar-refractivity contribution in [2.75, 3.05) is 0 Å². The van der Waals surface area contributed by atoms with E-state index in [0.29, 0.717) is 5.56 Å². The SMILES string of the molecule is [CH]C(=O)c1cc(Br)cc(C(C)(C)C)c1. The molecule has 0 aromatic heterocycles. The Balaban J connectivity index is 3.28. The van der Waals surface area contributed by atoms with Crippen LogP contribution in [0.25, 0.3) is 0 Å². The lowest BCUT2D eigenvalue weighted by atomic mass is 9.86. The maximum absolute atomic E-state index is 11.0. The summed E-state index contributed by atoms with van der Waals surface area (Å²) in [5.41, 5.74) is 1.67. The molecule has 0 unspecified atom stereocenters. The molecule has 0 fully saturated rings. The molecule has 0 N–H and O–H groups in total. The van der Waals surface area contributed by atoms with Crippen LogP contribution in [0.2, 0.25) is 0 Å². The van der Waals surface area contributed by atoms with Crippen molar-refractivity contribution in [3.05, 3.63) is 40.7 Å². The highest BCUT2D eigenvalue weighted by Gasteiger charge is 2.15. The Bertz CT molecular complexity index is 361. The molecule has 0 heterocycles. The predicted molar refractivity (Wildman–Crippen MR) is 61.5 cm³/mol. The third kappa shape index (κ3) is 2.68. The monoisotopic (exact) mass is 252 g/mol. The van der Waals surface area contributed by atoms with E-state index in [0.717, 1.165) is 10.0 Å². The Hall–Kier alpha value is -0.630. The van der Waals surface area contributed by atoms with E-state index >= 15 is 0 Å². The second-order valence-electron chi connectivity index (χ2n) is 4.34. The van der Waals surface area contributed by atoms with Crippen LogP contribution in [-0.2, 0) is 5.41 Å². The second kappa shape index (κ2) is 3.85. The van der Waals surface area contributed by atoms with Gasteiger partial charge in [-0.2, -0.15) is 0 Å². The molecule has 0 atom stereocenters. The van der Waals surface area contributed by atoms with Crippen molar-refractivity contribution < 1.29 is 4.79 Å². The molecule has 0 aliphatic rings. The maximum Gasteiger partial charge on any atom is 0.167 e. The van der Waals surface area contributed by atoms with E-state index in [2.05, 4.69) is 36.7 Å². The number of ketones is 1. The van der Waals surface area contributed by atoms with E-state index in [9.17, 15) is 4.79 Å². The first kappa shape index (κ1) is 11.4. The summed E-state index contributed by atoms with van der Waals surface area (Å²) in [6, 6.07) is 5.58. The summed E-state index contributed by atoms with van der Waals surface area (Å²) in [7, 11) is 0. The summed E-state index contributed by atoms with van der Waals surface area (Å²) in [6.45, 7) is 11.5. The van der Waals surface area contributed by atoms with Crippen molar-refractivity contribution in [3.8, 4) is 0 Å². The summed E-state index contributed by atoms with van der Waals surface area (Å²) < 4.78 is 0.888. The molecular weight excluding hydrogens is 240 g/mol. The summed E-state index contributed by atoms with van der Waals surface area (Å²) in [6.07, 6.45) is 0. The van der Waals surface area contributed by atoms with Gasteiger partial charge in [0.25, 0.3) is 0 Å². The number of hydrogen-bond acceptors (Lipinski definition) is 1. The van der Waals surface area contributed by atoms with Crippen molar-refractivity contribution >= 4 is 21.7 Å². The lowest BCUT2D eigenvalue weighted by molar-refractivity contribution is 0.104. The highest BCUT2D eigenvalue weighted by molar-refractivity contribution is 9.10. The summed E-state index contributed by atoms with van der Waals surface area (Å²) in [4.78, 5) is 11.0. The molecule has 1 aromatic carbocycles. The number of carbonyl (C=O) groups excluding carboxylic acids is 1. The minimum atomic E-state index is -0.392. The molecule has 1 nitrogen and oxygen atoms in total. The van der Waals surface area contributed by atoms with Crippen molar-refractivity contribution in [1.29, 1.82) is 0 Å². The zero-order valence-corrected chi connectivity index (χ0v) is 10.2. The molecule has 1 rings (SSSR count). The van der Waals surface area contributed by atoms with Gasteiger partial charge < -0.3 is 0 Å². The van der Waals surface area contributed by atoms with Gasteiger partial charge in [-0.15, -0.1) is 0 Å². The van der Waals surface area contributed by atoms with Crippen LogP contribution in [-0.4, -0.2) is 5.78 Å². The van der Waals surface area contributed by atoms with Gasteiger partial charge in [0, 0.05) is 17.0 Å². The molecule has 0 saturated carbocycles. The van der Waals surface area contributed by atoms with Crippen LogP contribution in [0.4, 0.5) is 0 Å². The van der Waals surface area contributed by atoms with E-state index in [4.69, 9.17) is 6.92 Å². The highest BCUT2D eigenvalue weighted by Crippen LogP contribution is 2.26. The smallest absolute Gasteiger partial charge is 0.167 e. The zero-order valence-electron chi connectivity index (χ0n) is 8.60. The van der Waals surface area contributed by atoms with E-state index in [1.54, 1.807) is 6.07 Å². The molecule has 2 heteroatoms. The quantitative estimate of drug-likeness (QED) is 0.698. The fourth-order valence-corrected chi connectivity index (χ4v) is 1.66. The molecule has 1 aromatic rings. The summed E-state index contributed by atoms with van der Waals surface area (Å²) >= 11 is 3.37. The fraction of sp³-hybridized carbons (Fsp3) is 0.333. The minimum absolute atomic E-state index is 0.0218. The molecule has 0 aliphatic heterocycles. The first-order valence-electron chi connectivity index (χ1n) is 4.41. The lowest BCUT2D eigenvalue weighted by Gasteiger charge is -2.20. The largest absolute Gasteiger partial charge is 0.294 e. The minimum Gasteiger partial charge on any atom is -0.294 e. The fourth-order valence-electron chi connectivity index (χ4n) is 1.16. The van der Waals surface area contributed by atoms with Gasteiger partial charge in [-0.3, -0.25) is 4.79 Å². The van der Waals surface area contributed by atoms with Gasteiger partial charge in [0.2, 0.25) is 0 Å². The molecular formula is C12H13BrO. The van der Waals surface area contributed by atoms with Crippen LogP contribution < -0.4 is 0 Å². The Morgan fingerprint density at radius 3 is 2.29 bits per heavy atom. The van der Waals surface area contributed by atoms with Crippen LogP contribution in [0.5, 0.6) is 0 Å². The maximum atomic E-state index is 11.0. The third-order valence-electron chi connectivity index (χ3n) is 2.05. The number of Topliss-reactive ketones (excluding diaryl/α,β-unsaturated/α-hetero) is 1. The topological polar surface area (TPSA) is 17.1 Å². The summed E-state index contributed by atoms with van der Waals surface area (Å²) in [5.74, 6) is -0.392. The number of rotatable bonds is 1. The zero-order chi connectivity index (χ0) is 10.9. The Morgan fingerprint density at radius 1 is 1.29 bits per heavy atom. The number of benzene rings is 1. The second-order valence-corrected chi connectivity index (χ2v) is 5.26. The number of halogens is 1. The van der Waals surface area contributed by atoms with Crippen molar-refractivity contribution in [2.45, 2.75) is 26.2 Å². The molecule has 2 radical (unpaired) electrons. The molecule has 0 saturated heterocycles. The van der Waals surface area contributed by atoms with Crippen LogP contribution in [0.3, 0.4) is 0 Å². The van der Waals surface area contributed by atoms with Crippen LogP contribution in [0.15, 0.2) is 22.7 Å². The van der Waals surface area contributed by atoms with E-state index in [-0.39, 0.29) is 5.41 Å². The molecule has 14 heavy (non-hydrogen) atoms. The standard InChI is InChI=1S/C12H13BrO/c1-8(14)9-5-10(12(2,3)4)7-11(13)6-9/h1,5-7H,2-4H3. The molecule has 0 bridgehead atoms. The average molecular weight is 253 g/mol. The third-order valence-corrected chi connectivity index (χ3v) is 2.51. The molecule has 0 amide bonds. The lowest BCUT2D eigenvalue weighted by Crippen LogP contribution is -2.12. The Labute approximate surface area is 93.7 Å². The average Bonchev–Trinajstić information content (AvgIpc) is 2.01. The van der Waals surface area contributed by atoms with Crippen molar-refractivity contribution in [2.24, 2.45) is 0 Å². The van der Waals surface area contributed by atoms with E-state index in [1.807, 2.05) is 12.1 Å². The Morgan fingerprint density at radius 2 is 1.86 bits per heavy atom. The van der Waals surface area contributed by atoms with Gasteiger partial charge in [-0.1, -0.05) is 36.7 Å². The van der Waals surface area contributed by atoms with Gasteiger partial charge in [0.1, 0.15) is 0 Å². The van der Waals surface area contributed by atoms with Gasteiger partial charge >= 0.3 is 0 Å². The first-order valence-corrected chi connectivity index (χ1v) is 5.21. The van der Waals surface area contributed by atoms with E-state index in [1.165, 1.54) is 0 Å². The van der Waals surface area contributed by atoms with Crippen LogP contribution in [0, 0.1) is 6.92 Å². The number of hydrogen-bond donors (Lipinski definition) is 0. The summed E-state index contributed by atoms with van der Waals surface area (Å²) in [5, 5.41) is 0. The van der Waals surface area contributed by atoms with Crippen LogP contribution in [0.1, 0.15) is 36.7 Å². The van der Waals surface area contributed by atoms with Gasteiger partial charge in [-0.25, -0.2) is 0 Å². The van der Waals surface area contributed by atoms with Crippen molar-refractivity contribution in [3.63, 3.8) is 0 Å². The number of carbonyl (C=O) groups is 1. The molecule has 0 spiro atoms. The highest BCUT2D eigenvalue weighted by atomic mass is 79.9. The molecule has 0 aliphatic carbocycles. The molecule has 74 valence electrons. The predicted octanol–water partition coefficient (Wildman–Crippen LogP) is 3.64. The van der Waals surface area contributed by atoms with E-state index < -0.39 is 5.78 Å².